The van der Waals surface area contributed by atoms with E-state index in [-0.39, 0.29) is 5.54 Å². The average Bonchev–Trinajstić information content (AvgIpc) is 2.61. The molecular formula is C19H40N2. The second kappa shape index (κ2) is 8.53. The second-order valence-electron chi connectivity index (χ2n) is 8.55. The van der Waals surface area contributed by atoms with E-state index in [1.165, 1.54) is 58.0 Å². The van der Waals surface area contributed by atoms with E-state index in [9.17, 15) is 0 Å². The molecule has 0 saturated carbocycles. The summed E-state index contributed by atoms with van der Waals surface area (Å²) in [5.41, 5.74) is 0.623. The largest absolute Gasteiger partial charge is 0.311 e. The lowest BCUT2D eigenvalue weighted by molar-refractivity contribution is 0.103. The molecule has 2 heteroatoms. The minimum atomic E-state index is 0.220. The maximum atomic E-state index is 3.76. The molecule has 1 heterocycles. The zero-order chi connectivity index (χ0) is 15.9. The van der Waals surface area contributed by atoms with Gasteiger partial charge in [-0.3, -0.25) is 4.90 Å². The van der Waals surface area contributed by atoms with Gasteiger partial charge < -0.3 is 5.32 Å². The summed E-state index contributed by atoms with van der Waals surface area (Å²) in [7, 11) is 0. The Labute approximate surface area is 134 Å². The molecule has 0 spiro atoms. The molecule has 21 heavy (non-hydrogen) atoms. The fraction of sp³-hybridized carbons (Fsp3) is 1.00. The van der Waals surface area contributed by atoms with E-state index >= 15 is 0 Å². The van der Waals surface area contributed by atoms with Crippen LogP contribution in [0, 0.1) is 5.41 Å². The Bertz CT molecular complexity index is 282. The smallest absolute Gasteiger partial charge is 0.00967 e. The van der Waals surface area contributed by atoms with Crippen molar-refractivity contribution in [3.8, 4) is 0 Å². The van der Waals surface area contributed by atoms with Crippen molar-refractivity contribution in [2.24, 2.45) is 5.41 Å². The lowest BCUT2D eigenvalue weighted by Crippen LogP contribution is -2.49. The molecule has 1 saturated heterocycles. The van der Waals surface area contributed by atoms with Crippen LogP contribution in [0.3, 0.4) is 0 Å². The molecule has 0 radical (unpaired) electrons. The predicted molar refractivity (Wildman–Crippen MR) is 94.9 cm³/mol. The molecule has 0 aliphatic carbocycles. The molecule has 0 amide bonds. The van der Waals surface area contributed by atoms with Crippen LogP contribution in [0.2, 0.25) is 0 Å². The molecule has 2 atom stereocenters. The maximum Gasteiger partial charge on any atom is 0.00967 e. The first-order chi connectivity index (χ1) is 9.79. The van der Waals surface area contributed by atoms with Gasteiger partial charge in [0.25, 0.3) is 0 Å². The van der Waals surface area contributed by atoms with Crippen molar-refractivity contribution in [3.63, 3.8) is 0 Å². The predicted octanol–water partition coefficient (Wildman–Crippen LogP) is 4.84. The minimum Gasteiger partial charge on any atom is -0.311 e. The third-order valence-electron chi connectivity index (χ3n) is 4.95. The zero-order valence-corrected chi connectivity index (χ0v) is 15.6. The van der Waals surface area contributed by atoms with E-state index < -0.39 is 0 Å². The van der Waals surface area contributed by atoms with E-state index in [1.807, 2.05) is 0 Å². The van der Waals surface area contributed by atoms with Crippen LogP contribution in [0.5, 0.6) is 0 Å². The highest BCUT2D eigenvalue weighted by Gasteiger charge is 2.30. The highest BCUT2D eigenvalue weighted by molar-refractivity contribution is 4.86. The molecule has 0 aromatic carbocycles. The summed E-state index contributed by atoms with van der Waals surface area (Å²) < 4.78 is 0. The average molecular weight is 297 g/mol. The lowest BCUT2D eigenvalue weighted by atomic mass is 9.83. The molecule has 0 bridgehead atoms. The summed E-state index contributed by atoms with van der Waals surface area (Å²) in [4.78, 5) is 2.81. The number of nitrogens with one attached hydrogen (secondary N) is 1. The van der Waals surface area contributed by atoms with Crippen LogP contribution >= 0.6 is 0 Å². The minimum absolute atomic E-state index is 0.220. The Balaban J connectivity index is 2.69. The molecule has 0 aromatic rings. The van der Waals surface area contributed by atoms with Crippen molar-refractivity contribution in [1.29, 1.82) is 0 Å². The van der Waals surface area contributed by atoms with Crippen molar-refractivity contribution >= 4 is 0 Å². The summed E-state index contributed by atoms with van der Waals surface area (Å²) >= 11 is 0. The molecule has 1 rings (SSSR count). The first kappa shape index (κ1) is 19.0. The van der Waals surface area contributed by atoms with Crippen molar-refractivity contribution in [1.82, 2.24) is 10.2 Å². The summed E-state index contributed by atoms with van der Waals surface area (Å²) in [5.74, 6) is 0. The molecule has 0 aromatic heterocycles. The summed E-state index contributed by atoms with van der Waals surface area (Å²) in [6, 6.07) is 0.818. The Kier molecular flexibility index (Phi) is 7.70. The Morgan fingerprint density at radius 1 is 1.05 bits per heavy atom. The number of nitrogens with zero attached hydrogens (tertiary/aromatic N) is 1. The van der Waals surface area contributed by atoms with Gasteiger partial charge in [-0.2, -0.15) is 0 Å². The number of likely N-dealkylation sites (tertiary alicyclic amines) is 1. The third-order valence-corrected chi connectivity index (χ3v) is 4.95. The van der Waals surface area contributed by atoms with E-state index in [0.717, 1.165) is 12.6 Å². The van der Waals surface area contributed by atoms with Crippen molar-refractivity contribution in [2.75, 3.05) is 19.6 Å². The molecule has 126 valence electrons. The van der Waals surface area contributed by atoms with Crippen molar-refractivity contribution in [2.45, 2.75) is 98.1 Å². The van der Waals surface area contributed by atoms with Crippen LogP contribution in [-0.4, -0.2) is 36.1 Å². The van der Waals surface area contributed by atoms with Crippen LogP contribution in [0.1, 0.15) is 86.5 Å². The molecule has 2 unspecified atom stereocenters. The van der Waals surface area contributed by atoms with E-state index in [4.69, 9.17) is 0 Å². The maximum absolute atomic E-state index is 3.76. The fourth-order valence-electron chi connectivity index (χ4n) is 3.70. The van der Waals surface area contributed by atoms with Crippen molar-refractivity contribution in [3.05, 3.63) is 0 Å². The quantitative estimate of drug-likeness (QED) is 0.723. The lowest BCUT2D eigenvalue weighted by Gasteiger charge is -2.40. The molecule has 1 fully saturated rings. The summed E-state index contributed by atoms with van der Waals surface area (Å²) in [6.45, 7) is 17.7. The van der Waals surface area contributed by atoms with Crippen LogP contribution in [-0.2, 0) is 0 Å². The Morgan fingerprint density at radius 2 is 1.76 bits per heavy atom. The Morgan fingerprint density at radius 3 is 2.33 bits per heavy atom. The monoisotopic (exact) mass is 296 g/mol. The number of hydrogen-bond acceptors (Lipinski definition) is 2. The highest BCUT2D eigenvalue weighted by Crippen LogP contribution is 2.29. The fourth-order valence-corrected chi connectivity index (χ4v) is 3.70. The van der Waals surface area contributed by atoms with Crippen LogP contribution in [0.15, 0.2) is 0 Å². The standard InChI is InChI=1S/C19H40N2/c1-7-13-19(6,15-20-18(3,4)5)16-21-14-11-9-10-12-17(21)8-2/h17,20H,7-16H2,1-6H3. The molecule has 2 nitrogen and oxygen atoms in total. The van der Waals surface area contributed by atoms with Crippen molar-refractivity contribution < 1.29 is 0 Å². The van der Waals surface area contributed by atoms with Gasteiger partial charge in [0, 0.05) is 24.7 Å². The van der Waals surface area contributed by atoms with Gasteiger partial charge in [-0.05, 0) is 58.4 Å². The molecular weight excluding hydrogens is 256 g/mol. The van der Waals surface area contributed by atoms with Gasteiger partial charge in [-0.15, -0.1) is 0 Å². The summed E-state index contributed by atoms with van der Waals surface area (Å²) in [5, 5.41) is 3.76. The van der Waals surface area contributed by atoms with Gasteiger partial charge >= 0.3 is 0 Å². The SMILES string of the molecule is CCCC(C)(CNC(C)(C)C)CN1CCCCCC1CC. The third kappa shape index (κ3) is 7.15. The molecule has 1 aliphatic heterocycles. The van der Waals surface area contributed by atoms with E-state index in [2.05, 4.69) is 51.8 Å². The van der Waals surface area contributed by atoms with Crippen LogP contribution in [0.25, 0.3) is 0 Å². The van der Waals surface area contributed by atoms with E-state index in [1.54, 1.807) is 0 Å². The van der Waals surface area contributed by atoms with Crippen LogP contribution in [0.4, 0.5) is 0 Å². The van der Waals surface area contributed by atoms with Gasteiger partial charge in [-0.1, -0.05) is 40.0 Å². The van der Waals surface area contributed by atoms with Gasteiger partial charge in [0.1, 0.15) is 0 Å². The number of hydrogen-bond donors (Lipinski definition) is 1. The normalized spacial score (nSPS) is 24.6. The summed E-state index contributed by atoms with van der Waals surface area (Å²) in [6.07, 6.45) is 9.58. The first-order valence-corrected chi connectivity index (χ1v) is 9.29. The second-order valence-corrected chi connectivity index (χ2v) is 8.55. The Hall–Kier alpha value is -0.0800. The first-order valence-electron chi connectivity index (χ1n) is 9.29. The highest BCUT2D eigenvalue weighted by atomic mass is 15.2. The van der Waals surface area contributed by atoms with Gasteiger partial charge in [0.2, 0.25) is 0 Å². The number of rotatable bonds is 7. The molecule has 1 aliphatic rings. The van der Waals surface area contributed by atoms with Gasteiger partial charge in [0.05, 0.1) is 0 Å². The molecule has 1 N–H and O–H groups in total. The van der Waals surface area contributed by atoms with E-state index in [0.29, 0.717) is 5.41 Å². The zero-order valence-electron chi connectivity index (χ0n) is 15.6. The van der Waals surface area contributed by atoms with Gasteiger partial charge in [0.15, 0.2) is 0 Å². The van der Waals surface area contributed by atoms with Gasteiger partial charge in [-0.25, -0.2) is 0 Å². The topological polar surface area (TPSA) is 15.3 Å². The van der Waals surface area contributed by atoms with Crippen LogP contribution < -0.4 is 5.32 Å².